The summed E-state index contributed by atoms with van der Waals surface area (Å²) in [4.78, 5) is 16.4. The number of nitrogens with zero attached hydrogens (tertiary/aromatic N) is 6. The molecule has 0 atom stereocenters. The standard InChI is InChI=1S/C16H15N7O2/c1-10-18-16(25-21-10)11-5-7-23-13(8-11)19-20-14(23)9-17-15(24)12-4-3-6-22(12)2/h3-8H,9H2,1-2H3,(H,17,24). The highest BCUT2D eigenvalue weighted by Gasteiger charge is 2.13. The van der Waals surface area contributed by atoms with Crippen LogP contribution in [0.1, 0.15) is 22.1 Å². The highest BCUT2D eigenvalue weighted by Crippen LogP contribution is 2.18. The lowest BCUT2D eigenvalue weighted by Gasteiger charge is -2.05. The number of rotatable bonds is 4. The number of carbonyl (C=O) groups excluding carboxylic acids is 1. The first kappa shape index (κ1) is 15.1. The predicted octanol–water partition coefficient (Wildman–Crippen LogP) is 1.36. The van der Waals surface area contributed by atoms with Gasteiger partial charge in [0.2, 0.25) is 0 Å². The average molecular weight is 337 g/mol. The Morgan fingerprint density at radius 1 is 1.28 bits per heavy atom. The minimum Gasteiger partial charge on any atom is -0.347 e. The van der Waals surface area contributed by atoms with Crippen molar-refractivity contribution in [1.29, 1.82) is 0 Å². The average Bonchev–Trinajstić information content (AvgIpc) is 3.32. The molecule has 4 rings (SSSR count). The zero-order valence-electron chi connectivity index (χ0n) is 13.7. The number of aryl methyl sites for hydroxylation is 2. The fourth-order valence-corrected chi connectivity index (χ4v) is 2.56. The summed E-state index contributed by atoms with van der Waals surface area (Å²) < 4.78 is 8.72. The molecule has 1 amide bonds. The summed E-state index contributed by atoms with van der Waals surface area (Å²) in [5.41, 5.74) is 1.99. The van der Waals surface area contributed by atoms with E-state index < -0.39 is 0 Å². The number of aromatic nitrogens is 6. The van der Waals surface area contributed by atoms with Gasteiger partial charge in [0.15, 0.2) is 17.3 Å². The van der Waals surface area contributed by atoms with E-state index in [2.05, 4.69) is 25.7 Å². The van der Waals surface area contributed by atoms with E-state index in [-0.39, 0.29) is 12.5 Å². The Labute approximate surface area is 142 Å². The Kier molecular flexibility index (Phi) is 3.53. The van der Waals surface area contributed by atoms with Crippen LogP contribution >= 0.6 is 0 Å². The molecule has 25 heavy (non-hydrogen) atoms. The Morgan fingerprint density at radius 2 is 2.16 bits per heavy atom. The summed E-state index contributed by atoms with van der Waals surface area (Å²) in [7, 11) is 1.82. The van der Waals surface area contributed by atoms with E-state index in [1.54, 1.807) is 22.0 Å². The fraction of sp³-hybridized carbons (Fsp3) is 0.188. The molecule has 0 aliphatic heterocycles. The molecule has 0 aliphatic rings. The van der Waals surface area contributed by atoms with E-state index >= 15 is 0 Å². The second-order valence-electron chi connectivity index (χ2n) is 5.59. The van der Waals surface area contributed by atoms with Gasteiger partial charge in [0.1, 0.15) is 5.69 Å². The summed E-state index contributed by atoms with van der Waals surface area (Å²) in [5, 5.41) is 14.9. The lowest BCUT2D eigenvalue weighted by molar-refractivity contribution is 0.0941. The van der Waals surface area contributed by atoms with Crippen LogP contribution in [0.5, 0.6) is 0 Å². The van der Waals surface area contributed by atoms with E-state index in [1.807, 2.05) is 37.6 Å². The van der Waals surface area contributed by atoms with Crippen molar-refractivity contribution >= 4 is 11.6 Å². The molecule has 0 aliphatic carbocycles. The molecular weight excluding hydrogens is 322 g/mol. The molecule has 0 saturated carbocycles. The van der Waals surface area contributed by atoms with Gasteiger partial charge in [0.05, 0.1) is 6.54 Å². The van der Waals surface area contributed by atoms with Crippen LogP contribution in [-0.2, 0) is 13.6 Å². The molecule has 0 saturated heterocycles. The van der Waals surface area contributed by atoms with Crippen LogP contribution in [0.2, 0.25) is 0 Å². The van der Waals surface area contributed by atoms with Crippen LogP contribution in [0.3, 0.4) is 0 Å². The van der Waals surface area contributed by atoms with Crippen LogP contribution in [0.4, 0.5) is 0 Å². The van der Waals surface area contributed by atoms with Crippen LogP contribution in [0.15, 0.2) is 41.2 Å². The molecule has 1 N–H and O–H groups in total. The van der Waals surface area contributed by atoms with Crippen LogP contribution in [0.25, 0.3) is 17.1 Å². The van der Waals surface area contributed by atoms with E-state index in [0.717, 1.165) is 5.56 Å². The lowest BCUT2D eigenvalue weighted by atomic mass is 10.2. The molecule has 4 aromatic rings. The molecule has 4 heterocycles. The summed E-state index contributed by atoms with van der Waals surface area (Å²) in [6.07, 6.45) is 3.64. The zero-order valence-corrected chi connectivity index (χ0v) is 13.7. The maximum atomic E-state index is 12.2. The van der Waals surface area contributed by atoms with Crippen LogP contribution < -0.4 is 5.32 Å². The molecule has 0 aromatic carbocycles. The monoisotopic (exact) mass is 337 g/mol. The van der Waals surface area contributed by atoms with E-state index in [1.165, 1.54) is 0 Å². The van der Waals surface area contributed by atoms with E-state index in [0.29, 0.717) is 28.9 Å². The van der Waals surface area contributed by atoms with Gasteiger partial charge in [-0.1, -0.05) is 5.16 Å². The Balaban J connectivity index is 1.55. The maximum absolute atomic E-state index is 12.2. The number of hydrogen-bond acceptors (Lipinski definition) is 6. The smallest absolute Gasteiger partial charge is 0.268 e. The van der Waals surface area contributed by atoms with Gasteiger partial charge >= 0.3 is 0 Å². The number of hydrogen-bond donors (Lipinski definition) is 1. The number of carbonyl (C=O) groups is 1. The van der Waals surface area contributed by atoms with Gasteiger partial charge in [-0.05, 0) is 31.2 Å². The molecule has 4 aromatic heterocycles. The van der Waals surface area contributed by atoms with Crippen LogP contribution in [0, 0.1) is 6.92 Å². The minimum absolute atomic E-state index is 0.165. The van der Waals surface area contributed by atoms with Crippen molar-refractivity contribution in [3.05, 3.63) is 54.0 Å². The van der Waals surface area contributed by atoms with Gasteiger partial charge in [0.25, 0.3) is 11.8 Å². The third-order valence-corrected chi connectivity index (χ3v) is 3.84. The van der Waals surface area contributed by atoms with Crippen molar-refractivity contribution in [2.45, 2.75) is 13.5 Å². The molecule has 0 radical (unpaired) electrons. The predicted molar refractivity (Wildman–Crippen MR) is 87.6 cm³/mol. The maximum Gasteiger partial charge on any atom is 0.268 e. The SMILES string of the molecule is Cc1noc(-c2ccn3c(CNC(=O)c4cccn4C)nnc3c2)n1. The Hall–Kier alpha value is -3.49. The molecule has 0 unspecified atom stereocenters. The quantitative estimate of drug-likeness (QED) is 0.603. The molecule has 0 bridgehead atoms. The van der Waals surface area contributed by atoms with Crippen molar-refractivity contribution in [3.8, 4) is 11.5 Å². The highest BCUT2D eigenvalue weighted by molar-refractivity contribution is 5.92. The third kappa shape index (κ3) is 2.75. The lowest BCUT2D eigenvalue weighted by Crippen LogP contribution is -2.25. The van der Waals surface area contributed by atoms with Crippen molar-refractivity contribution in [2.75, 3.05) is 0 Å². The van der Waals surface area contributed by atoms with Gasteiger partial charge in [0, 0.05) is 25.0 Å². The molecular formula is C16H15N7O2. The van der Waals surface area contributed by atoms with Crippen molar-refractivity contribution in [1.82, 2.24) is 34.6 Å². The number of amides is 1. The summed E-state index contributed by atoms with van der Waals surface area (Å²) in [6, 6.07) is 7.23. The highest BCUT2D eigenvalue weighted by atomic mass is 16.5. The van der Waals surface area contributed by atoms with E-state index in [4.69, 9.17) is 4.52 Å². The van der Waals surface area contributed by atoms with Crippen molar-refractivity contribution in [3.63, 3.8) is 0 Å². The normalized spacial score (nSPS) is 11.1. The minimum atomic E-state index is -0.165. The molecule has 0 spiro atoms. The molecule has 0 fully saturated rings. The summed E-state index contributed by atoms with van der Waals surface area (Å²) >= 11 is 0. The molecule has 9 nitrogen and oxygen atoms in total. The van der Waals surface area contributed by atoms with Crippen LogP contribution in [-0.4, -0.2) is 35.2 Å². The Bertz CT molecular complexity index is 1060. The van der Waals surface area contributed by atoms with Gasteiger partial charge in [-0.3, -0.25) is 9.20 Å². The molecule has 9 heteroatoms. The first-order valence-electron chi connectivity index (χ1n) is 7.66. The largest absolute Gasteiger partial charge is 0.347 e. The number of nitrogens with one attached hydrogen (secondary N) is 1. The first-order valence-corrected chi connectivity index (χ1v) is 7.66. The zero-order chi connectivity index (χ0) is 17.4. The van der Waals surface area contributed by atoms with Gasteiger partial charge in [-0.2, -0.15) is 4.98 Å². The second-order valence-corrected chi connectivity index (χ2v) is 5.59. The summed E-state index contributed by atoms with van der Waals surface area (Å²) in [6.45, 7) is 2.03. The topological polar surface area (TPSA) is 103 Å². The third-order valence-electron chi connectivity index (χ3n) is 3.84. The molecule has 126 valence electrons. The summed E-state index contributed by atoms with van der Waals surface area (Å²) in [5.74, 6) is 1.47. The van der Waals surface area contributed by atoms with Crippen molar-refractivity contribution in [2.24, 2.45) is 7.05 Å². The van der Waals surface area contributed by atoms with Gasteiger partial charge < -0.3 is 14.4 Å². The first-order chi connectivity index (χ1) is 12.1. The number of fused-ring (bicyclic) bond motifs is 1. The fourth-order valence-electron chi connectivity index (χ4n) is 2.56. The van der Waals surface area contributed by atoms with Crippen molar-refractivity contribution < 1.29 is 9.32 Å². The van der Waals surface area contributed by atoms with Gasteiger partial charge in [-0.15, -0.1) is 10.2 Å². The van der Waals surface area contributed by atoms with E-state index in [9.17, 15) is 4.79 Å². The van der Waals surface area contributed by atoms with Gasteiger partial charge in [-0.25, -0.2) is 0 Å². The second kappa shape index (κ2) is 5.86. The Morgan fingerprint density at radius 3 is 2.88 bits per heavy atom. The number of pyridine rings is 1.